The van der Waals surface area contributed by atoms with Gasteiger partial charge in [0.1, 0.15) is 6.61 Å². The van der Waals surface area contributed by atoms with Gasteiger partial charge in [-0.15, -0.1) is 0 Å². The minimum absolute atomic E-state index is 0.165. The summed E-state index contributed by atoms with van der Waals surface area (Å²) in [5.74, 6) is 0.526. The third-order valence-corrected chi connectivity index (χ3v) is 4.90. The summed E-state index contributed by atoms with van der Waals surface area (Å²) in [7, 11) is 0. The topological polar surface area (TPSA) is 76.8 Å². The quantitative estimate of drug-likeness (QED) is 0.436. The first-order valence-electron chi connectivity index (χ1n) is 9.36. The Kier molecular flexibility index (Phi) is 5.89. The van der Waals surface area contributed by atoms with Crippen LogP contribution in [0.15, 0.2) is 67.3 Å². The zero-order chi connectivity index (χ0) is 20.1. The van der Waals surface area contributed by atoms with E-state index in [2.05, 4.69) is 27.1 Å². The molecule has 1 atom stereocenters. The zero-order valence-corrected chi connectivity index (χ0v) is 16.5. The highest BCUT2D eigenvalue weighted by Crippen LogP contribution is 2.24. The second-order valence-corrected chi connectivity index (χ2v) is 7.16. The molecule has 146 valence electrons. The smallest absolute Gasteiger partial charge is 0.171 e. The second-order valence-electron chi connectivity index (χ2n) is 6.81. The van der Waals surface area contributed by atoms with Crippen LogP contribution >= 0.6 is 11.6 Å². The first-order chi connectivity index (χ1) is 14.2. The molecule has 6 heteroatoms. The summed E-state index contributed by atoms with van der Waals surface area (Å²) in [5.41, 5.74) is 10.5. The van der Waals surface area contributed by atoms with Crippen molar-refractivity contribution in [3.63, 3.8) is 0 Å². The maximum atomic E-state index is 6.30. The molecule has 3 heterocycles. The van der Waals surface area contributed by atoms with E-state index < -0.39 is 0 Å². The number of pyridine rings is 2. The molecule has 0 radical (unpaired) electrons. The van der Waals surface area contributed by atoms with Gasteiger partial charge in [0.25, 0.3) is 0 Å². The van der Waals surface area contributed by atoms with Gasteiger partial charge < -0.3 is 15.5 Å². The molecule has 0 fully saturated rings. The van der Waals surface area contributed by atoms with Crippen molar-refractivity contribution in [1.82, 2.24) is 15.0 Å². The summed E-state index contributed by atoms with van der Waals surface area (Å²) in [4.78, 5) is 11.5. The highest BCUT2D eigenvalue weighted by Gasteiger charge is 2.11. The number of fused-ring (bicyclic) bond motifs is 1. The third-order valence-electron chi connectivity index (χ3n) is 4.61. The van der Waals surface area contributed by atoms with Crippen LogP contribution in [0.4, 0.5) is 0 Å². The van der Waals surface area contributed by atoms with Crippen molar-refractivity contribution < 1.29 is 4.74 Å². The fraction of sp³-hybridized carbons (Fsp3) is 0.130. The van der Waals surface area contributed by atoms with Gasteiger partial charge >= 0.3 is 0 Å². The van der Waals surface area contributed by atoms with E-state index in [-0.39, 0.29) is 6.04 Å². The summed E-state index contributed by atoms with van der Waals surface area (Å²) < 4.78 is 5.88. The number of nitrogens with two attached hydrogens (primary N) is 1. The second kappa shape index (κ2) is 8.90. The van der Waals surface area contributed by atoms with Crippen LogP contribution in [0, 0.1) is 0 Å². The average Bonchev–Trinajstić information content (AvgIpc) is 3.16. The van der Waals surface area contributed by atoms with E-state index in [1.54, 1.807) is 18.6 Å². The minimum Gasteiger partial charge on any atom is -0.489 e. The van der Waals surface area contributed by atoms with E-state index in [0.717, 1.165) is 16.6 Å². The van der Waals surface area contributed by atoms with Gasteiger partial charge in [0, 0.05) is 41.7 Å². The zero-order valence-electron chi connectivity index (χ0n) is 15.8. The van der Waals surface area contributed by atoms with Crippen molar-refractivity contribution in [3.05, 3.63) is 89.1 Å². The lowest BCUT2D eigenvalue weighted by Gasteiger charge is -2.14. The molecule has 4 rings (SSSR count). The number of ether oxygens (including phenoxy) is 1. The number of hydrogen-bond donors (Lipinski definition) is 2. The van der Waals surface area contributed by atoms with E-state index in [1.807, 2.05) is 48.7 Å². The molecule has 3 aromatic heterocycles. The fourth-order valence-corrected chi connectivity index (χ4v) is 3.30. The first kappa shape index (κ1) is 19.2. The van der Waals surface area contributed by atoms with Gasteiger partial charge in [-0.2, -0.15) is 0 Å². The Labute approximate surface area is 174 Å². The molecule has 4 aromatic rings. The molecular weight excluding hydrogens is 384 g/mol. The number of para-hydroxylation sites is 1. The standard InChI is InChI=1S/C23H21ClN4O/c24-23-22(11-17(13-28-23)6-5-16-7-9-26-10-8-16)29-15-19(25)12-18-14-27-21-4-2-1-3-20(18)21/h1-11,13-14,19,27H,12,15,25H2/b6-5+/t19-/m0/s1. The van der Waals surface area contributed by atoms with Crippen molar-refractivity contribution in [3.8, 4) is 5.75 Å². The number of hydrogen-bond acceptors (Lipinski definition) is 4. The predicted molar refractivity (Wildman–Crippen MR) is 118 cm³/mol. The van der Waals surface area contributed by atoms with Crippen molar-refractivity contribution in [2.45, 2.75) is 12.5 Å². The minimum atomic E-state index is -0.165. The highest BCUT2D eigenvalue weighted by molar-refractivity contribution is 6.30. The number of nitrogens with zero attached hydrogens (tertiary/aromatic N) is 2. The maximum absolute atomic E-state index is 6.30. The van der Waals surface area contributed by atoms with E-state index in [4.69, 9.17) is 22.1 Å². The van der Waals surface area contributed by atoms with Crippen LogP contribution in [-0.4, -0.2) is 27.6 Å². The van der Waals surface area contributed by atoms with Crippen LogP contribution in [0.5, 0.6) is 5.75 Å². The number of benzene rings is 1. The monoisotopic (exact) mass is 404 g/mol. The first-order valence-corrected chi connectivity index (χ1v) is 9.74. The number of halogens is 1. The van der Waals surface area contributed by atoms with E-state index in [9.17, 15) is 0 Å². The summed E-state index contributed by atoms with van der Waals surface area (Å²) >= 11 is 6.20. The Balaban J connectivity index is 1.40. The predicted octanol–water partition coefficient (Wildman–Crippen LogP) is 4.73. The third kappa shape index (κ3) is 4.83. The van der Waals surface area contributed by atoms with Crippen LogP contribution in [-0.2, 0) is 6.42 Å². The molecule has 0 saturated carbocycles. The lowest BCUT2D eigenvalue weighted by molar-refractivity contribution is 0.287. The summed E-state index contributed by atoms with van der Waals surface area (Å²) in [6.07, 6.45) is 11.9. The van der Waals surface area contributed by atoms with E-state index >= 15 is 0 Å². The van der Waals surface area contributed by atoms with Crippen molar-refractivity contribution in [2.75, 3.05) is 6.61 Å². The van der Waals surface area contributed by atoms with Gasteiger partial charge in [0.15, 0.2) is 10.9 Å². The molecular formula is C23H21ClN4O. The van der Waals surface area contributed by atoms with E-state index in [0.29, 0.717) is 23.9 Å². The molecule has 0 unspecified atom stereocenters. The maximum Gasteiger partial charge on any atom is 0.171 e. The fourth-order valence-electron chi connectivity index (χ4n) is 3.14. The molecule has 1 aromatic carbocycles. The van der Waals surface area contributed by atoms with Gasteiger partial charge in [0.2, 0.25) is 0 Å². The molecule has 0 spiro atoms. The summed E-state index contributed by atoms with van der Waals surface area (Å²) in [6.45, 7) is 0.346. The van der Waals surface area contributed by atoms with Gasteiger partial charge in [-0.25, -0.2) is 4.98 Å². The summed E-state index contributed by atoms with van der Waals surface area (Å²) in [5, 5.41) is 1.51. The number of rotatable bonds is 7. The van der Waals surface area contributed by atoms with Gasteiger partial charge in [-0.05, 0) is 47.4 Å². The van der Waals surface area contributed by atoms with Gasteiger partial charge in [-0.1, -0.05) is 42.0 Å². The normalized spacial score (nSPS) is 12.5. The Morgan fingerprint density at radius 2 is 1.90 bits per heavy atom. The van der Waals surface area contributed by atoms with Crippen molar-refractivity contribution in [1.29, 1.82) is 0 Å². The number of H-pyrrole nitrogens is 1. The number of aromatic amines is 1. The van der Waals surface area contributed by atoms with E-state index in [1.165, 1.54) is 10.9 Å². The lowest BCUT2D eigenvalue weighted by Crippen LogP contribution is -2.30. The summed E-state index contributed by atoms with van der Waals surface area (Å²) in [6, 6.07) is 13.7. The van der Waals surface area contributed by atoms with Crippen molar-refractivity contribution in [2.24, 2.45) is 5.73 Å². The van der Waals surface area contributed by atoms with Gasteiger partial charge in [-0.3, -0.25) is 4.98 Å². The van der Waals surface area contributed by atoms with Crippen molar-refractivity contribution >= 4 is 34.7 Å². The molecule has 29 heavy (non-hydrogen) atoms. The molecule has 0 aliphatic heterocycles. The molecule has 0 bridgehead atoms. The molecule has 3 N–H and O–H groups in total. The molecule has 0 aliphatic rings. The largest absolute Gasteiger partial charge is 0.489 e. The van der Waals surface area contributed by atoms with Crippen LogP contribution in [0.1, 0.15) is 16.7 Å². The molecule has 0 aliphatic carbocycles. The Morgan fingerprint density at radius 1 is 1.10 bits per heavy atom. The average molecular weight is 405 g/mol. The number of aromatic nitrogens is 3. The van der Waals surface area contributed by atoms with Gasteiger partial charge in [0.05, 0.1) is 0 Å². The lowest BCUT2D eigenvalue weighted by atomic mass is 10.1. The Hall–Kier alpha value is -3.15. The van der Waals surface area contributed by atoms with Crippen LogP contribution in [0.2, 0.25) is 5.15 Å². The van der Waals surface area contributed by atoms with Crippen LogP contribution in [0.3, 0.4) is 0 Å². The highest BCUT2D eigenvalue weighted by atomic mass is 35.5. The Bertz CT molecular complexity index is 1120. The molecule has 0 amide bonds. The van der Waals surface area contributed by atoms with Crippen LogP contribution in [0.25, 0.3) is 23.1 Å². The SMILES string of the molecule is N[C@H](COc1cc(/C=C/c2ccncc2)cnc1Cl)Cc1c[nH]c2ccccc12. The molecule has 5 nitrogen and oxygen atoms in total. The Morgan fingerprint density at radius 3 is 2.76 bits per heavy atom. The number of nitrogens with one attached hydrogen (secondary N) is 1. The van der Waals surface area contributed by atoms with Crippen LogP contribution < -0.4 is 10.5 Å². The molecule has 0 saturated heterocycles.